The van der Waals surface area contributed by atoms with E-state index >= 15 is 0 Å². The molecule has 0 bridgehead atoms. The third-order valence-electron chi connectivity index (χ3n) is 13.6. The van der Waals surface area contributed by atoms with Crippen molar-refractivity contribution in [3.05, 3.63) is 223 Å². The summed E-state index contributed by atoms with van der Waals surface area (Å²) < 4.78 is 4.77. The van der Waals surface area contributed by atoms with Crippen LogP contribution in [0.25, 0.3) is 105 Å². The highest BCUT2D eigenvalue weighted by Gasteiger charge is 2.19. The van der Waals surface area contributed by atoms with Crippen LogP contribution in [0.3, 0.4) is 0 Å². The highest BCUT2D eigenvalue weighted by atomic mass is 32.2. The van der Waals surface area contributed by atoms with Gasteiger partial charge in [-0.3, -0.25) is 0 Å². The molecule has 12 aromatic rings. The lowest BCUT2D eigenvalue weighted by Gasteiger charge is -2.18. The quantitative estimate of drug-likeness (QED) is 0.0985. The topological polar surface area (TPSA) is 35.9 Å². The Labute approximate surface area is 381 Å². The maximum Gasteiger partial charge on any atom is 0.0562 e. The molecular formula is C61H43N3S. The molecule has 0 amide bonds. The van der Waals surface area contributed by atoms with Gasteiger partial charge >= 0.3 is 0 Å². The standard InChI is InChI=1S/C61H43N3S/c62-56-37-60-55(36-61(56)65-38-39-13-3-1-4-14-39)54-35-43(27-32-59(54)64(60)44-15-5-2-6-16-44)42-26-31-58-53(34-42)51-21-11-12-22-57(51)63(58)45-28-23-40(24-29-45)41-25-30-50-48-19-8-7-17-46(48)47-18-9-10-20-49(47)52(50)33-41/h1-8,10-17,19-37H,9,18,38,62H2. The molecule has 0 aliphatic heterocycles. The molecule has 0 saturated heterocycles. The van der Waals surface area contributed by atoms with E-state index < -0.39 is 0 Å². The summed E-state index contributed by atoms with van der Waals surface area (Å²) in [6.07, 6.45) is 6.85. The van der Waals surface area contributed by atoms with Gasteiger partial charge in [0, 0.05) is 49.3 Å². The van der Waals surface area contributed by atoms with Crippen LogP contribution >= 0.6 is 11.8 Å². The first-order chi connectivity index (χ1) is 32.1. The van der Waals surface area contributed by atoms with Gasteiger partial charge in [-0.1, -0.05) is 140 Å². The van der Waals surface area contributed by atoms with Crippen molar-refractivity contribution in [2.45, 2.75) is 23.5 Å². The molecule has 0 atom stereocenters. The Morgan fingerprint density at radius 2 is 0.954 bits per heavy atom. The summed E-state index contributed by atoms with van der Waals surface area (Å²) in [4.78, 5) is 1.10. The van der Waals surface area contributed by atoms with Gasteiger partial charge in [0.05, 0.1) is 22.1 Å². The number of aryl methyl sites for hydroxylation is 1. The van der Waals surface area contributed by atoms with Crippen molar-refractivity contribution in [1.82, 2.24) is 9.13 Å². The van der Waals surface area contributed by atoms with E-state index in [0.29, 0.717) is 0 Å². The van der Waals surface area contributed by atoms with E-state index in [1.54, 1.807) is 11.8 Å². The predicted octanol–water partition coefficient (Wildman–Crippen LogP) is 16.4. The van der Waals surface area contributed by atoms with Crippen LogP contribution in [0.2, 0.25) is 0 Å². The zero-order chi connectivity index (χ0) is 43.0. The average molecular weight is 850 g/mol. The molecule has 1 aliphatic carbocycles. The number of nitrogens with two attached hydrogens (primary N) is 1. The van der Waals surface area contributed by atoms with Gasteiger partial charge in [-0.2, -0.15) is 0 Å². The van der Waals surface area contributed by atoms with Gasteiger partial charge in [-0.15, -0.1) is 11.8 Å². The highest BCUT2D eigenvalue weighted by Crippen LogP contribution is 2.42. The Balaban J connectivity index is 0.899. The maximum atomic E-state index is 6.83. The number of rotatable bonds is 7. The molecule has 0 fully saturated rings. The number of aromatic nitrogens is 2. The van der Waals surface area contributed by atoms with Gasteiger partial charge in [0.2, 0.25) is 0 Å². The molecule has 0 radical (unpaired) electrons. The van der Waals surface area contributed by atoms with Gasteiger partial charge in [0.15, 0.2) is 0 Å². The molecule has 1 aliphatic rings. The van der Waals surface area contributed by atoms with Crippen LogP contribution in [0.4, 0.5) is 5.69 Å². The van der Waals surface area contributed by atoms with E-state index in [-0.39, 0.29) is 0 Å². The lowest BCUT2D eigenvalue weighted by Crippen LogP contribution is -1.98. The first-order valence-electron chi connectivity index (χ1n) is 22.5. The molecule has 65 heavy (non-hydrogen) atoms. The number of nitrogen functional groups attached to an aromatic ring is 1. The van der Waals surface area contributed by atoms with E-state index in [1.165, 1.54) is 93.1 Å². The summed E-state index contributed by atoms with van der Waals surface area (Å²) in [5.41, 5.74) is 23.5. The number of fused-ring (bicyclic) bond motifs is 12. The largest absolute Gasteiger partial charge is 0.398 e. The van der Waals surface area contributed by atoms with Crippen molar-refractivity contribution >= 4 is 88.7 Å². The van der Waals surface area contributed by atoms with Crippen molar-refractivity contribution < 1.29 is 0 Å². The molecule has 10 aromatic carbocycles. The summed E-state index contributed by atoms with van der Waals surface area (Å²) in [6.45, 7) is 0. The number of nitrogens with zero attached hydrogens (tertiary/aromatic N) is 2. The van der Waals surface area contributed by atoms with Crippen LogP contribution in [-0.4, -0.2) is 9.13 Å². The monoisotopic (exact) mass is 849 g/mol. The third-order valence-corrected chi connectivity index (χ3v) is 14.8. The molecule has 13 rings (SSSR count). The van der Waals surface area contributed by atoms with Crippen molar-refractivity contribution in [2.75, 3.05) is 5.73 Å². The number of hydrogen-bond donors (Lipinski definition) is 1. The zero-order valence-electron chi connectivity index (χ0n) is 35.7. The molecule has 0 saturated carbocycles. The van der Waals surface area contributed by atoms with E-state index in [2.05, 4.69) is 221 Å². The van der Waals surface area contributed by atoms with Gasteiger partial charge in [0.25, 0.3) is 0 Å². The van der Waals surface area contributed by atoms with Crippen molar-refractivity contribution in [2.24, 2.45) is 0 Å². The predicted molar refractivity (Wildman–Crippen MR) is 279 cm³/mol. The number of anilines is 1. The van der Waals surface area contributed by atoms with E-state index in [9.17, 15) is 0 Å². The molecule has 4 heteroatoms. The van der Waals surface area contributed by atoms with Gasteiger partial charge in [-0.25, -0.2) is 0 Å². The lowest BCUT2D eigenvalue weighted by molar-refractivity contribution is 1.00. The molecule has 2 N–H and O–H groups in total. The molecule has 2 aromatic heterocycles. The van der Waals surface area contributed by atoms with Crippen molar-refractivity contribution in [1.29, 1.82) is 0 Å². The maximum absolute atomic E-state index is 6.83. The first kappa shape index (κ1) is 37.7. The van der Waals surface area contributed by atoms with Crippen LogP contribution < -0.4 is 5.73 Å². The Morgan fingerprint density at radius 1 is 0.415 bits per heavy atom. The summed E-state index contributed by atoms with van der Waals surface area (Å²) in [7, 11) is 0. The SMILES string of the molecule is Nc1cc2c(cc1SCc1ccccc1)c1cc(-c3ccc4c(c3)c3ccccc3n4-c3ccc(-c4ccc5c(c4)c4c(c6ccccc65)CCC=C4)cc3)ccc1n2-c1ccccc1. The third kappa shape index (κ3) is 6.20. The Hall–Kier alpha value is -7.79. The van der Waals surface area contributed by atoms with Crippen molar-refractivity contribution in [3.8, 4) is 33.6 Å². The first-order valence-corrected chi connectivity index (χ1v) is 23.5. The normalized spacial score (nSPS) is 12.6. The smallest absolute Gasteiger partial charge is 0.0562 e. The second-order valence-electron chi connectivity index (χ2n) is 17.4. The van der Waals surface area contributed by atoms with Crippen LogP contribution in [-0.2, 0) is 12.2 Å². The highest BCUT2D eigenvalue weighted by molar-refractivity contribution is 7.98. The molecular weight excluding hydrogens is 807 g/mol. The molecule has 308 valence electrons. The van der Waals surface area contributed by atoms with Crippen LogP contribution in [0.1, 0.15) is 23.1 Å². The van der Waals surface area contributed by atoms with Gasteiger partial charge < -0.3 is 14.9 Å². The second-order valence-corrected chi connectivity index (χ2v) is 18.4. The summed E-state index contributed by atoms with van der Waals surface area (Å²) in [5.74, 6) is 0.860. The van der Waals surface area contributed by atoms with Crippen LogP contribution in [0.5, 0.6) is 0 Å². The summed E-state index contributed by atoms with van der Waals surface area (Å²) in [6, 6.07) is 73.5. The zero-order valence-corrected chi connectivity index (χ0v) is 36.5. The van der Waals surface area contributed by atoms with Gasteiger partial charge in [-0.05, 0) is 146 Å². The second kappa shape index (κ2) is 15.2. The van der Waals surface area contributed by atoms with E-state index in [1.807, 2.05) is 0 Å². The number of para-hydroxylation sites is 2. The Morgan fingerprint density at radius 3 is 1.72 bits per heavy atom. The minimum atomic E-state index is 0.800. The number of benzene rings is 10. The number of thioether (sulfide) groups is 1. The lowest BCUT2D eigenvalue weighted by atomic mass is 9.86. The molecule has 3 nitrogen and oxygen atoms in total. The number of hydrogen-bond acceptors (Lipinski definition) is 2. The van der Waals surface area contributed by atoms with E-state index in [4.69, 9.17) is 5.73 Å². The Kier molecular flexibility index (Phi) is 8.82. The minimum Gasteiger partial charge on any atom is -0.398 e. The van der Waals surface area contributed by atoms with Gasteiger partial charge in [0.1, 0.15) is 0 Å². The van der Waals surface area contributed by atoms with Crippen LogP contribution in [0.15, 0.2) is 211 Å². The molecule has 2 heterocycles. The van der Waals surface area contributed by atoms with Crippen molar-refractivity contribution in [3.63, 3.8) is 0 Å². The summed E-state index contributed by atoms with van der Waals surface area (Å²) in [5, 5.41) is 10.3. The summed E-state index contributed by atoms with van der Waals surface area (Å²) >= 11 is 1.80. The fourth-order valence-corrected chi connectivity index (χ4v) is 11.5. The Bertz CT molecular complexity index is 3880. The molecule has 0 spiro atoms. The average Bonchev–Trinajstić information content (AvgIpc) is 3.87. The number of allylic oxidation sites excluding steroid dienone is 1. The fraction of sp³-hybridized carbons (Fsp3) is 0.0492. The van der Waals surface area contributed by atoms with E-state index in [0.717, 1.165) is 51.6 Å². The fourth-order valence-electron chi connectivity index (χ4n) is 10.5. The minimum absolute atomic E-state index is 0.800. The van der Waals surface area contributed by atoms with Crippen LogP contribution in [0, 0.1) is 0 Å². The molecule has 0 unspecified atom stereocenters.